The second-order valence-electron chi connectivity index (χ2n) is 6.14. The minimum Gasteiger partial charge on any atom is -0.343 e. The SMILES string of the molecule is Cc1cccc(-c2cc(Nc3ccnc4[nH]cc(F)c34)n3nccc3n2)n1. The fraction of sp³-hybridized carbons (Fsp3) is 0.0526. The molecule has 5 heterocycles. The summed E-state index contributed by atoms with van der Waals surface area (Å²) in [6, 6.07) is 11.2. The molecule has 132 valence electrons. The molecule has 0 bridgehead atoms. The van der Waals surface area contributed by atoms with Crippen LogP contribution in [0.5, 0.6) is 0 Å². The predicted molar refractivity (Wildman–Crippen MR) is 100 cm³/mol. The highest BCUT2D eigenvalue weighted by Crippen LogP contribution is 2.29. The average molecular weight is 359 g/mol. The van der Waals surface area contributed by atoms with E-state index in [-0.39, 0.29) is 5.82 Å². The lowest BCUT2D eigenvalue weighted by Gasteiger charge is -2.11. The van der Waals surface area contributed by atoms with Gasteiger partial charge in [0.05, 0.1) is 28.7 Å². The molecule has 0 aliphatic heterocycles. The number of hydrogen-bond acceptors (Lipinski definition) is 5. The largest absolute Gasteiger partial charge is 0.343 e. The summed E-state index contributed by atoms with van der Waals surface area (Å²) >= 11 is 0. The summed E-state index contributed by atoms with van der Waals surface area (Å²) < 4.78 is 15.9. The van der Waals surface area contributed by atoms with E-state index in [0.717, 1.165) is 11.4 Å². The third kappa shape index (κ3) is 2.58. The highest BCUT2D eigenvalue weighted by molar-refractivity contribution is 5.91. The molecule has 5 aromatic rings. The van der Waals surface area contributed by atoms with Crippen molar-refractivity contribution in [2.75, 3.05) is 5.32 Å². The van der Waals surface area contributed by atoms with Crippen molar-refractivity contribution < 1.29 is 4.39 Å². The van der Waals surface area contributed by atoms with Crippen molar-refractivity contribution in [3.63, 3.8) is 0 Å². The number of nitrogens with one attached hydrogen (secondary N) is 2. The molecule has 0 unspecified atom stereocenters. The summed E-state index contributed by atoms with van der Waals surface area (Å²) in [5.74, 6) is 0.281. The predicted octanol–water partition coefficient (Wildman–Crippen LogP) is 3.86. The van der Waals surface area contributed by atoms with E-state index in [1.165, 1.54) is 6.20 Å². The molecule has 8 heteroatoms. The van der Waals surface area contributed by atoms with E-state index in [1.807, 2.05) is 37.3 Å². The Hall–Kier alpha value is -3.81. The van der Waals surface area contributed by atoms with E-state index >= 15 is 0 Å². The van der Waals surface area contributed by atoms with Crippen LogP contribution < -0.4 is 5.32 Å². The highest BCUT2D eigenvalue weighted by Gasteiger charge is 2.13. The van der Waals surface area contributed by atoms with Crippen molar-refractivity contribution in [1.29, 1.82) is 0 Å². The van der Waals surface area contributed by atoms with Crippen LogP contribution in [0.3, 0.4) is 0 Å². The van der Waals surface area contributed by atoms with Crippen LogP contribution in [0.15, 0.2) is 55.0 Å². The highest BCUT2D eigenvalue weighted by atomic mass is 19.1. The first-order valence-electron chi connectivity index (χ1n) is 8.36. The van der Waals surface area contributed by atoms with Crippen LogP contribution in [0.2, 0.25) is 0 Å². The van der Waals surface area contributed by atoms with Gasteiger partial charge in [-0.2, -0.15) is 9.61 Å². The van der Waals surface area contributed by atoms with Crippen LogP contribution in [-0.2, 0) is 0 Å². The first kappa shape index (κ1) is 15.4. The molecule has 0 amide bonds. The zero-order valence-electron chi connectivity index (χ0n) is 14.3. The number of halogens is 1. The summed E-state index contributed by atoms with van der Waals surface area (Å²) in [6.07, 6.45) is 4.58. The standard InChI is InChI=1S/C19H14FN7/c1-11-3-2-4-13(24-11)15-9-17(27-16(26-15)6-8-23-27)25-14-5-7-21-19-18(14)12(20)10-22-19/h2-10H,1H3,(H2,21,22,25). The fourth-order valence-electron chi connectivity index (χ4n) is 3.08. The Bertz CT molecular complexity index is 1290. The second-order valence-corrected chi connectivity index (χ2v) is 6.14. The molecule has 27 heavy (non-hydrogen) atoms. The Labute approximate surface area is 152 Å². The maximum absolute atomic E-state index is 14.2. The van der Waals surface area contributed by atoms with Gasteiger partial charge in [-0.1, -0.05) is 6.07 Å². The van der Waals surface area contributed by atoms with Gasteiger partial charge in [-0.05, 0) is 25.1 Å². The molecule has 5 rings (SSSR count). The molecule has 0 aromatic carbocycles. The number of anilines is 2. The molecule has 0 atom stereocenters. The lowest BCUT2D eigenvalue weighted by molar-refractivity contribution is 0.639. The quantitative estimate of drug-likeness (QED) is 0.511. The summed E-state index contributed by atoms with van der Waals surface area (Å²) in [5.41, 5.74) is 4.10. The van der Waals surface area contributed by atoms with Gasteiger partial charge >= 0.3 is 0 Å². The molecule has 0 saturated heterocycles. The van der Waals surface area contributed by atoms with Crippen LogP contribution in [0.25, 0.3) is 28.1 Å². The van der Waals surface area contributed by atoms with Gasteiger partial charge in [0.15, 0.2) is 11.5 Å². The Balaban J connectivity index is 1.68. The maximum Gasteiger partial charge on any atom is 0.158 e. The number of H-pyrrole nitrogens is 1. The number of nitrogens with zero attached hydrogens (tertiary/aromatic N) is 5. The number of pyridine rings is 2. The van der Waals surface area contributed by atoms with Crippen LogP contribution in [-0.4, -0.2) is 29.5 Å². The van der Waals surface area contributed by atoms with Gasteiger partial charge in [-0.3, -0.25) is 4.98 Å². The molecule has 0 radical (unpaired) electrons. The molecule has 2 N–H and O–H groups in total. The van der Waals surface area contributed by atoms with Gasteiger partial charge in [-0.15, -0.1) is 0 Å². The zero-order chi connectivity index (χ0) is 18.4. The number of hydrogen-bond donors (Lipinski definition) is 2. The number of aryl methyl sites for hydroxylation is 1. The molecule has 7 nitrogen and oxygen atoms in total. The molecular weight excluding hydrogens is 345 g/mol. The van der Waals surface area contributed by atoms with E-state index in [2.05, 4.69) is 30.4 Å². The molecule has 0 saturated carbocycles. The average Bonchev–Trinajstić information content (AvgIpc) is 3.29. The van der Waals surface area contributed by atoms with Crippen LogP contribution in [0.4, 0.5) is 15.9 Å². The first-order chi connectivity index (χ1) is 13.2. The van der Waals surface area contributed by atoms with Gasteiger partial charge in [0.2, 0.25) is 0 Å². The minimum absolute atomic E-state index is 0.369. The first-order valence-corrected chi connectivity index (χ1v) is 8.36. The van der Waals surface area contributed by atoms with E-state index in [4.69, 9.17) is 0 Å². The molecule has 0 aliphatic rings. The molecular formula is C19H14FN7. The van der Waals surface area contributed by atoms with Crippen molar-refractivity contribution in [3.05, 3.63) is 66.5 Å². The molecule has 0 aliphatic carbocycles. The van der Waals surface area contributed by atoms with Crippen molar-refractivity contribution >= 4 is 28.2 Å². The minimum atomic E-state index is -0.369. The molecule has 5 aromatic heterocycles. The Morgan fingerprint density at radius 1 is 1.07 bits per heavy atom. The Morgan fingerprint density at radius 2 is 2.00 bits per heavy atom. The third-order valence-electron chi connectivity index (χ3n) is 4.30. The van der Waals surface area contributed by atoms with E-state index in [0.29, 0.717) is 33.9 Å². The van der Waals surface area contributed by atoms with E-state index < -0.39 is 0 Å². The fourth-order valence-corrected chi connectivity index (χ4v) is 3.08. The van der Waals surface area contributed by atoms with Crippen LogP contribution in [0, 0.1) is 12.7 Å². The van der Waals surface area contributed by atoms with Gasteiger partial charge in [0.1, 0.15) is 11.5 Å². The lowest BCUT2D eigenvalue weighted by atomic mass is 10.2. The zero-order valence-corrected chi connectivity index (χ0v) is 14.3. The summed E-state index contributed by atoms with van der Waals surface area (Å²) in [5, 5.41) is 7.97. The van der Waals surface area contributed by atoms with Gasteiger partial charge < -0.3 is 10.3 Å². The van der Waals surface area contributed by atoms with Crippen molar-refractivity contribution in [2.24, 2.45) is 0 Å². The van der Waals surface area contributed by atoms with Gasteiger partial charge in [0.25, 0.3) is 0 Å². The smallest absolute Gasteiger partial charge is 0.158 e. The van der Waals surface area contributed by atoms with Crippen molar-refractivity contribution in [1.82, 2.24) is 29.5 Å². The number of rotatable bonds is 3. The Morgan fingerprint density at radius 3 is 2.89 bits per heavy atom. The van der Waals surface area contributed by atoms with Gasteiger partial charge in [-0.25, -0.2) is 14.4 Å². The van der Waals surface area contributed by atoms with Crippen molar-refractivity contribution in [3.8, 4) is 11.4 Å². The van der Waals surface area contributed by atoms with E-state index in [9.17, 15) is 4.39 Å². The second kappa shape index (κ2) is 5.87. The normalized spacial score (nSPS) is 11.3. The third-order valence-corrected chi connectivity index (χ3v) is 4.30. The number of aromatic nitrogens is 6. The van der Waals surface area contributed by atoms with Crippen LogP contribution in [0.1, 0.15) is 5.69 Å². The summed E-state index contributed by atoms with van der Waals surface area (Å²) in [4.78, 5) is 16.1. The molecule has 0 spiro atoms. The Kier molecular flexibility index (Phi) is 3.36. The summed E-state index contributed by atoms with van der Waals surface area (Å²) in [6.45, 7) is 1.93. The topological polar surface area (TPSA) is 83.8 Å². The van der Waals surface area contributed by atoms with E-state index in [1.54, 1.807) is 23.0 Å². The van der Waals surface area contributed by atoms with Crippen LogP contribution >= 0.6 is 0 Å². The lowest BCUT2D eigenvalue weighted by Crippen LogP contribution is -2.03. The molecule has 0 fully saturated rings. The van der Waals surface area contributed by atoms with Crippen molar-refractivity contribution in [2.45, 2.75) is 6.92 Å². The number of aromatic amines is 1. The van der Waals surface area contributed by atoms with Gasteiger partial charge in [0, 0.05) is 30.2 Å². The monoisotopic (exact) mass is 359 g/mol. The number of fused-ring (bicyclic) bond motifs is 2. The maximum atomic E-state index is 14.2. The summed E-state index contributed by atoms with van der Waals surface area (Å²) in [7, 11) is 0.